The van der Waals surface area contributed by atoms with Gasteiger partial charge in [0.05, 0.1) is 0 Å². The molecule has 23 heavy (non-hydrogen) atoms. The minimum atomic E-state index is -0.510. The van der Waals surface area contributed by atoms with E-state index >= 15 is 0 Å². The van der Waals surface area contributed by atoms with Gasteiger partial charge >= 0.3 is 5.97 Å². The zero-order chi connectivity index (χ0) is 16.9. The number of pyridine rings is 1. The Morgan fingerprint density at radius 1 is 1.35 bits per heavy atom. The van der Waals surface area contributed by atoms with Crippen molar-refractivity contribution in [2.24, 2.45) is 0 Å². The number of nitrogens with one attached hydrogen (secondary N) is 1. The number of hydrogen-bond acceptors (Lipinski definition) is 5. The Bertz CT molecular complexity index is 566. The van der Waals surface area contributed by atoms with Gasteiger partial charge in [-0.05, 0) is 45.2 Å². The van der Waals surface area contributed by atoms with Crippen LogP contribution in [-0.4, -0.2) is 42.1 Å². The number of esters is 1. The molecule has 1 aliphatic rings. The molecule has 1 aromatic heterocycles. The van der Waals surface area contributed by atoms with Gasteiger partial charge in [-0.25, -0.2) is 9.78 Å². The molecule has 0 spiro atoms. The Morgan fingerprint density at radius 3 is 2.70 bits per heavy atom. The molecule has 0 aromatic carbocycles. The smallest absolute Gasteiger partial charge is 0.342 e. The molecule has 1 aliphatic heterocycles. The maximum absolute atomic E-state index is 12.3. The van der Waals surface area contributed by atoms with Gasteiger partial charge in [0, 0.05) is 24.8 Å². The lowest BCUT2D eigenvalue weighted by molar-refractivity contribution is -0.125. The number of amides is 1. The van der Waals surface area contributed by atoms with E-state index in [0.29, 0.717) is 11.4 Å². The summed E-state index contributed by atoms with van der Waals surface area (Å²) in [5.41, 5.74) is 0.107. The van der Waals surface area contributed by atoms with Crippen molar-refractivity contribution in [1.29, 1.82) is 0 Å². The monoisotopic (exact) mass is 319 g/mol. The van der Waals surface area contributed by atoms with Crippen molar-refractivity contribution in [2.75, 3.05) is 24.6 Å². The summed E-state index contributed by atoms with van der Waals surface area (Å²) in [6, 6.07) is 3.40. The summed E-state index contributed by atoms with van der Waals surface area (Å²) in [4.78, 5) is 30.6. The van der Waals surface area contributed by atoms with E-state index < -0.39 is 5.97 Å². The van der Waals surface area contributed by atoms with Gasteiger partial charge in [-0.3, -0.25) is 4.79 Å². The molecule has 0 aliphatic carbocycles. The topological polar surface area (TPSA) is 71.5 Å². The second-order valence-electron chi connectivity index (χ2n) is 6.43. The zero-order valence-electron chi connectivity index (χ0n) is 14.1. The Labute approximate surface area is 137 Å². The number of rotatable bonds is 6. The van der Waals surface area contributed by atoms with Crippen LogP contribution in [0.1, 0.15) is 50.4 Å². The molecule has 2 heterocycles. The number of anilines is 1. The standard InChI is InChI=1S/C17H25N3O3/c1-4-17(2,3)19-14(21)12-23-16(22)13-8-7-9-18-15(13)20-10-5-6-11-20/h7-9H,4-6,10-12H2,1-3H3,(H,19,21). The number of aromatic nitrogens is 1. The minimum absolute atomic E-state index is 0.281. The van der Waals surface area contributed by atoms with Crippen LogP contribution < -0.4 is 10.2 Å². The molecule has 1 N–H and O–H groups in total. The maximum Gasteiger partial charge on any atom is 0.342 e. The molecule has 0 bridgehead atoms. The van der Waals surface area contributed by atoms with E-state index in [-0.39, 0.29) is 18.1 Å². The van der Waals surface area contributed by atoms with E-state index in [4.69, 9.17) is 4.74 Å². The summed E-state index contributed by atoms with van der Waals surface area (Å²) in [6.45, 7) is 7.35. The highest BCUT2D eigenvalue weighted by Gasteiger charge is 2.23. The summed E-state index contributed by atoms with van der Waals surface area (Å²) in [7, 11) is 0. The van der Waals surface area contributed by atoms with E-state index in [1.807, 2.05) is 20.8 Å². The van der Waals surface area contributed by atoms with E-state index in [1.54, 1.807) is 18.3 Å². The second kappa shape index (κ2) is 7.44. The van der Waals surface area contributed by atoms with Gasteiger partial charge < -0.3 is 15.0 Å². The first kappa shape index (κ1) is 17.2. The van der Waals surface area contributed by atoms with Crippen LogP contribution in [0.15, 0.2) is 18.3 Å². The summed E-state index contributed by atoms with van der Waals surface area (Å²) < 4.78 is 5.16. The Kier molecular flexibility index (Phi) is 5.58. The van der Waals surface area contributed by atoms with Crippen molar-refractivity contribution < 1.29 is 14.3 Å². The van der Waals surface area contributed by atoms with Gasteiger partial charge in [-0.15, -0.1) is 0 Å². The first-order chi connectivity index (χ1) is 10.9. The Morgan fingerprint density at radius 2 is 2.04 bits per heavy atom. The molecule has 0 saturated carbocycles. The van der Waals surface area contributed by atoms with Crippen LogP contribution in [0.3, 0.4) is 0 Å². The van der Waals surface area contributed by atoms with Crippen LogP contribution >= 0.6 is 0 Å². The van der Waals surface area contributed by atoms with Crippen LogP contribution in [0, 0.1) is 0 Å². The van der Waals surface area contributed by atoms with E-state index in [2.05, 4.69) is 15.2 Å². The van der Waals surface area contributed by atoms with Crippen molar-refractivity contribution in [3.8, 4) is 0 Å². The Hall–Kier alpha value is -2.11. The summed E-state index contributed by atoms with van der Waals surface area (Å²) in [5, 5.41) is 2.84. The first-order valence-electron chi connectivity index (χ1n) is 8.11. The molecular weight excluding hydrogens is 294 g/mol. The highest BCUT2D eigenvalue weighted by molar-refractivity contribution is 5.96. The van der Waals surface area contributed by atoms with Gasteiger partial charge in [0.2, 0.25) is 0 Å². The third kappa shape index (κ3) is 4.68. The predicted octanol–water partition coefficient (Wildman–Crippen LogP) is 2.14. The van der Waals surface area contributed by atoms with Gasteiger partial charge in [0.15, 0.2) is 6.61 Å². The average molecular weight is 319 g/mol. The average Bonchev–Trinajstić information content (AvgIpc) is 3.06. The highest BCUT2D eigenvalue weighted by Crippen LogP contribution is 2.22. The molecule has 6 nitrogen and oxygen atoms in total. The lowest BCUT2D eigenvalue weighted by Gasteiger charge is -2.24. The number of carbonyl (C=O) groups excluding carboxylic acids is 2. The Balaban J connectivity index is 1.97. The van der Waals surface area contributed by atoms with Crippen LogP contribution in [0.5, 0.6) is 0 Å². The van der Waals surface area contributed by atoms with Gasteiger partial charge in [-0.1, -0.05) is 6.92 Å². The highest BCUT2D eigenvalue weighted by atomic mass is 16.5. The SMILES string of the molecule is CCC(C)(C)NC(=O)COC(=O)c1cccnc1N1CCCC1. The fraction of sp³-hybridized carbons (Fsp3) is 0.588. The van der Waals surface area contributed by atoms with Crippen molar-refractivity contribution in [2.45, 2.75) is 45.6 Å². The van der Waals surface area contributed by atoms with Gasteiger partial charge in [0.25, 0.3) is 5.91 Å². The van der Waals surface area contributed by atoms with E-state index in [1.165, 1.54) is 0 Å². The summed E-state index contributed by atoms with van der Waals surface area (Å²) in [5.74, 6) is -0.162. The molecular formula is C17H25N3O3. The van der Waals surface area contributed by atoms with Crippen LogP contribution in [-0.2, 0) is 9.53 Å². The van der Waals surface area contributed by atoms with E-state index in [9.17, 15) is 9.59 Å². The molecule has 126 valence electrons. The lowest BCUT2D eigenvalue weighted by atomic mass is 10.0. The zero-order valence-corrected chi connectivity index (χ0v) is 14.1. The van der Waals surface area contributed by atoms with E-state index in [0.717, 1.165) is 32.4 Å². The normalized spacial score (nSPS) is 14.7. The van der Waals surface area contributed by atoms with Crippen LogP contribution in [0.4, 0.5) is 5.82 Å². The maximum atomic E-state index is 12.3. The van der Waals surface area contributed by atoms with Crippen molar-refractivity contribution in [3.05, 3.63) is 23.9 Å². The van der Waals surface area contributed by atoms with Crippen molar-refractivity contribution in [1.82, 2.24) is 10.3 Å². The molecule has 2 rings (SSSR count). The minimum Gasteiger partial charge on any atom is -0.452 e. The molecule has 1 aromatic rings. The van der Waals surface area contributed by atoms with Crippen molar-refractivity contribution in [3.63, 3.8) is 0 Å². The number of ether oxygens (including phenoxy) is 1. The lowest BCUT2D eigenvalue weighted by Crippen LogP contribution is -2.44. The molecule has 1 amide bonds. The van der Waals surface area contributed by atoms with Crippen LogP contribution in [0.25, 0.3) is 0 Å². The number of nitrogens with zero attached hydrogens (tertiary/aromatic N) is 2. The summed E-state index contributed by atoms with van der Waals surface area (Å²) >= 11 is 0. The first-order valence-corrected chi connectivity index (χ1v) is 8.11. The quantitative estimate of drug-likeness (QED) is 0.813. The molecule has 1 fully saturated rings. The molecule has 1 saturated heterocycles. The molecule has 0 unspecified atom stereocenters. The molecule has 0 atom stereocenters. The molecule has 6 heteroatoms. The third-order valence-corrected chi connectivity index (χ3v) is 4.11. The number of hydrogen-bond donors (Lipinski definition) is 1. The van der Waals surface area contributed by atoms with Gasteiger partial charge in [-0.2, -0.15) is 0 Å². The fourth-order valence-electron chi connectivity index (χ4n) is 2.45. The van der Waals surface area contributed by atoms with Gasteiger partial charge in [0.1, 0.15) is 11.4 Å². The number of carbonyl (C=O) groups is 2. The van der Waals surface area contributed by atoms with Crippen molar-refractivity contribution >= 4 is 17.7 Å². The second-order valence-corrected chi connectivity index (χ2v) is 6.43. The third-order valence-electron chi connectivity index (χ3n) is 4.11. The summed E-state index contributed by atoms with van der Waals surface area (Å²) in [6.07, 6.45) is 4.66. The molecule has 0 radical (unpaired) electrons. The fourth-order valence-corrected chi connectivity index (χ4v) is 2.45. The predicted molar refractivity (Wildman–Crippen MR) is 88.5 cm³/mol. The van der Waals surface area contributed by atoms with Crippen LogP contribution in [0.2, 0.25) is 0 Å². The largest absolute Gasteiger partial charge is 0.452 e.